The molecule has 1 saturated heterocycles. The van der Waals surface area contributed by atoms with Crippen LogP contribution in [0.3, 0.4) is 0 Å². The van der Waals surface area contributed by atoms with Crippen LogP contribution in [0.15, 0.2) is 29.3 Å². The number of aromatic hydroxyl groups is 1. The quantitative estimate of drug-likeness (QED) is 0.400. The van der Waals surface area contributed by atoms with Crippen LogP contribution in [0.25, 0.3) is 5.69 Å². The summed E-state index contributed by atoms with van der Waals surface area (Å²) in [5.41, 5.74) is -2.16. The zero-order valence-electron chi connectivity index (χ0n) is 22.0. The van der Waals surface area contributed by atoms with Gasteiger partial charge in [0.2, 0.25) is 5.75 Å². The number of aromatic nitrogens is 5. The third-order valence-electron chi connectivity index (χ3n) is 6.97. The van der Waals surface area contributed by atoms with Gasteiger partial charge in [-0.2, -0.15) is 5.10 Å². The first-order chi connectivity index (χ1) is 19.0. The largest absolute Gasteiger partial charge is 0.501 e. The summed E-state index contributed by atoms with van der Waals surface area (Å²) >= 11 is 0. The van der Waals surface area contributed by atoms with Crippen molar-refractivity contribution >= 4 is 17.7 Å². The molecule has 3 amide bonds. The molecular formula is C25H27FN8O6. The van der Waals surface area contributed by atoms with E-state index in [0.717, 1.165) is 17.0 Å². The SMILES string of the molecule is Cc1ncnn1-c1cc(F)ccc1CN(C(=O)C(=O)N(C)C)C(=O)c1nc2n(c(=O)c1O)CCO[C@@]21CCNC1. The van der Waals surface area contributed by atoms with Crippen LogP contribution >= 0.6 is 0 Å². The van der Waals surface area contributed by atoms with E-state index in [-0.39, 0.29) is 30.2 Å². The molecule has 2 N–H and O–H groups in total. The molecular weight excluding hydrogens is 527 g/mol. The predicted molar refractivity (Wildman–Crippen MR) is 135 cm³/mol. The van der Waals surface area contributed by atoms with Crippen molar-refractivity contribution in [3.8, 4) is 11.4 Å². The maximum absolute atomic E-state index is 14.3. The Morgan fingerprint density at radius 3 is 2.67 bits per heavy atom. The highest BCUT2D eigenvalue weighted by atomic mass is 19.1. The van der Waals surface area contributed by atoms with Crippen molar-refractivity contribution in [2.24, 2.45) is 0 Å². The van der Waals surface area contributed by atoms with Gasteiger partial charge < -0.3 is 20.1 Å². The van der Waals surface area contributed by atoms with Gasteiger partial charge >= 0.3 is 11.8 Å². The van der Waals surface area contributed by atoms with E-state index in [2.05, 4.69) is 20.4 Å². The Balaban J connectivity index is 1.63. The second kappa shape index (κ2) is 10.2. The standard InChI is InChI=1S/C25H27FN8O6/c1-14-28-13-29-34(14)17-10-16(26)5-4-15(17)11-33(23(39)22(38)31(2)3)20(36)18-19(35)21(37)32-8-9-40-25(24(32)30-18)6-7-27-12-25/h4-5,10,13,27,35H,6-9,11-12H2,1-3H3/t25-/m1/s1. The molecule has 40 heavy (non-hydrogen) atoms. The van der Waals surface area contributed by atoms with Crippen LogP contribution < -0.4 is 10.9 Å². The third-order valence-corrected chi connectivity index (χ3v) is 6.97. The predicted octanol–water partition coefficient (Wildman–Crippen LogP) is -0.547. The molecule has 210 valence electrons. The lowest BCUT2D eigenvalue weighted by Crippen LogP contribution is -2.48. The molecule has 15 heteroatoms. The molecule has 14 nitrogen and oxygen atoms in total. The molecule has 0 aliphatic carbocycles. The Labute approximate surface area is 227 Å². The van der Waals surface area contributed by atoms with E-state index in [9.17, 15) is 28.7 Å². The number of hydrogen-bond donors (Lipinski definition) is 2. The average molecular weight is 555 g/mol. The normalized spacial score (nSPS) is 18.0. The van der Waals surface area contributed by atoms with Gasteiger partial charge in [-0.05, 0) is 37.6 Å². The number of aryl methyl sites for hydroxylation is 1. The molecule has 3 aromatic rings. The fraction of sp³-hybridized carbons (Fsp3) is 0.400. The summed E-state index contributed by atoms with van der Waals surface area (Å²) in [6, 6.07) is 3.61. The molecule has 1 spiro atoms. The zero-order valence-corrected chi connectivity index (χ0v) is 22.0. The number of nitrogens with one attached hydrogen (secondary N) is 1. The van der Waals surface area contributed by atoms with Crippen molar-refractivity contribution in [2.75, 3.05) is 33.8 Å². The second-order valence-electron chi connectivity index (χ2n) is 9.75. The number of hydrogen-bond acceptors (Lipinski definition) is 10. The van der Waals surface area contributed by atoms with E-state index in [1.54, 1.807) is 6.92 Å². The number of amides is 3. The van der Waals surface area contributed by atoms with Gasteiger partial charge in [0.05, 0.1) is 25.4 Å². The van der Waals surface area contributed by atoms with Gasteiger partial charge in [0.25, 0.3) is 11.5 Å². The molecule has 2 aliphatic rings. The fourth-order valence-electron chi connectivity index (χ4n) is 4.87. The minimum Gasteiger partial charge on any atom is -0.501 e. The van der Waals surface area contributed by atoms with E-state index in [0.29, 0.717) is 30.2 Å². The topological polar surface area (TPSA) is 165 Å². The van der Waals surface area contributed by atoms with Crippen LogP contribution in [0.4, 0.5) is 4.39 Å². The smallest absolute Gasteiger partial charge is 0.319 e. The Kier molecular flexibility index (Phi) is 6.93. The number of carbonyl (C=O) groups is 3. The number of halogens is 1. The number of imide groups is 1. The van der Waals surface area contributed by atoms with Gasteiger partial charge in [-0.15, -0.1) is 0 Å². The summed E-state index contributed by atoms with van der Waals surface area (Å²) in [5.74, 6) is -4.50. The first-order valence-corrected chi connectivity index (χ1v) is 12.5. The van der Waals surface area contributed by atoms with Crippen molar-refractivity contribution < 1.29 is 28.6 Å². The number of rotatable bonds is 4. The van der Waals surface area contributed by atoms with Crippen LogP contribution in [-0.2, 0) is 33.0 Å². The van der Waals surface area contributed by atoms with E-state index in [4.69, 9.17) is 4.74 Å². The Hall–Kier alpha value is -4.50. The van der Waals surface area contributed by atoms with Crippen LogP contribution in [0.1, 0.15) is 34.1 Å². The first-order valence-electron chi connectivity index (χ1n) is 12.5. The summed E-state index contributed by atoms with van der Waals surface area (Å²) in [6.45, 7) is 2.33. The molecule has 4 heterocycles. The highest BCUT2D eigenvalue weighted by Gasteiger charge is 2.45. The molecule has 2 aromatic heterocycles. The summed E-state index contributed by atoms with van der Waals surface area (Å²) in [5, 5.41) is 18.0. The van der Waals surface area contributed by atoms with Gasteiger partial charge in [-0.1, -0.05) is 6.07 Å². The molecule has 0 radical (unpaired) electrons. The Bertz CT molecular complexity index is 1580. The molecule has 5 rings (SSSR count). The van der Waals surface area contributed by atoms with Crippen LogP contribution in [0.5, 0.6) is 5.75 Å². The van der Waals surface area contributed by atoms with Crippen LogP contribution in [0.2, 0.25) is 0 Å². The monoisotopic (exact) mass is 554 g/mol. The maximum atomic E-state index is 14.3. The maximum Gasteiger partial charge on any atom is 0.319 e. The molecule has 2 aliphatic heterocycles. The number of nitrogens with zero attached hydrogens (tertiary/aromatic N) is 7. The van der Waals surface area contributed by atoms with Crippen molar-refractivity contribution in [1.29, 1.82) is 0 Å². The molecule has 0 unspecified atom stereocenters. The number of fused-ring (bicyclic) bond motifs is 2. The minimum atomic E-state index is -1.24. The van der Waals surface area contributed by atoms with Crippen molar-refractivity contribution in [3.63, 3.8) is 0 Å². The lowest BCUT2D eigenvalue weighted by molar-refractivity contribution is -0.149. The van der Waals surface area contributed by atoms with E-state index < -0.39 is 52.7 Å². The number of carbonyl (C=O) groups excluding carboxylic acids is 3. The van der Waals surface area contributed by atoms with Gasteiger partial charge in [0, 0.05) is 20.6 Å². The summed E-state index contributed by atoms with van der Waals surface area (Å²) in [4.78, 5) is 63.1. The first kappa shape index (κ1) is 27.1. The van der Waals surface area contributed by atoms with E-state index in [1.165, 1.54) is 35.7 Å². The number of benzene rings is 1. The van der Waals surface area contributed by atoms with Gasteiger partial charge in [0.15, 0.2) is 5.69 Å². The van der Waals surface area contributed by atoms with Gasteiger partial charge in [-0.3, -0.25) is 28.6 Å². The van der Waals surface area contributed by atoms with Gasteiger partial charge in [0.1, 0.15) is 29.4 Å². The summed E-state index contributed by atoms with van der Waals surface area (Å²) in [6.07, 6.45) is 1.72. The minimum absolute atomic E-state index is 0.114. The molecule has 1 atom stereocenters. The molecule has 1 fully saturated rings. The summed E-state index contributed by atoms with van der Waals surface area (Å²) < 4.78 is 22.8. The van der Waals surface area contributed by atoms with Crippen LogP contribution in [-0.4, -0.2) is 90.7 Å². The molecule has 1 aromatic carbocycles. The lowest BCUT2D eigenvalue weighted by atomic mass is 9.99. The van der Waals surface area contributed by atoms with Crippen molar-refractivity contribution in [1.82, 2.24) is 39.4 Å². The zero-order chi connectivity index (χ0) is 28.8. The summed E-state index contributed by atoms with van der Waals surface area (Å²) in [7, 11) is 2.67. The molecule has 0 saturated carbocycles. The van der Waals surface area contributed by atoms with Crippen LogP contribution in [0, 0.1) is 12.7 Å². The van der Waals surface area contributed by atoms with Crippen molar-refractivity contribution in [3.05, 3.63) is 63.6 Å². The molecule has 0 bridgehead atoms. The van der Waals surface area contributed by atoms with Crippen molar-refractivity contribution in [2.45, 2.75) is 32.0 Å². The number of likely N-dealkylation sites (N-methyl/N-ethyl adjacent to an activating group) is 1. The van der Waals surface area contributed by atoms with E-state index in [1.807, 2.05) is 0 Å². The Morgan fingerprint density at radius 2 is 2.02 bits per heavy atom. The fourth-order valence-corrected chi connectivity index (χ4v) is 4.87. The lowest BCUT2D eigenvalue weighted by Gasteiger charge is -2.35. The Morgan fingerprint density at radius 1 is 1.25 bits per heavy atom. The average Bonchev–Trinajstić information content (AvgIpc) is 3.58. The third kappa shape index (κ3) is 4.52. The van der Waals surface area contributed by atoms with Gasteiger partial charge in [-0.25, -0.2) is 19.0 Å². The van der Waals surface area contributed by atoms with E-state index >= 15 is 0 Å². The highest BCUT2D eigenvalue weighted by Crippen LogP contribution is 2.34. The highest BCUT2D eigenvalue weighted by molar-refractivity contribution is 6.38. The number of ether oxygens (including phenoxy) is 1. The second-order valence-corrected chi connectivity index (χ2v) is 9.75.